The van der Waals surface area contributed by atoms with E-state index in [1.807, 2.05) is 0 Å². The summed E-state index contributed by atoms with van der Waals surface area (Å²) in [5.41, 5.74) is 3.90. The van der Waals surface area contributed by atoms with Crippen LogP contribution in [0.2, 0.25) is 0 Å². The molecule has 1 aliphatic heterocycles. The minimum Gasteiger partial charge on any atom is -0.379 e. The molecule has 0 radical (unpaired) electrons. The summed E-state index contributed by atoms with van der Waals surface area (Å²) in [4.78, 5) is 12.6. The largest absolute Gasteiger partial charge is 0.379 e. The summed E-state index contributed by atoms with van der Waals surface area (Å²) in [5, 5.41) is 4.34. The molecule has 1 saturated heterocycles. The first-order valence-electron chi connectivity index (χ1n) is 9.45. The van der Waals surface area contributed by atoms with E-state index in [2.05, 4.69) is 24.4 Å². The van der Waals surface area contributed by atoms with Crippen LogP contribution < -0.4 is 5.43 Å². The quantitative estimate of drug-likeness (QED) is 0.795. The first-order valence-corrected chi connectivity index (χ1v) is 10.9. The molecule has 0 aromatic heterocycles. The molecule has 1 saturated carbocycles. The SMILES string of the molecule is C[C@H]1CCC[C@H](C)C1=NNC(=O)c1cccc(S(=O)(=O)N2CCOCC2)c1. The Morgan fingerprint density at radius 1 is 1.19 bits per heavy atom. The van der Waals surface area contributed by atoms with Gasteiger partial charge in [-0.3, -0.25) is 4.79 Å². The van der Waals surface area contributed by atoms with Gasteiger partial charge in [-0.25, -0.2) is 13.8 Å². The zero-order valence-corrected chi connectivity index (χ0v) is 16.7. The number of carbonyl (C=O) groups excluding carboxylic acids is 1. The van der Waals surface area contributed by atoms with Crippen molar-refractivity contribution in [1.82, 2.24) is 9.73 Å². The van der Waals surface area contributed by atoms with Crippen molar-refractivity contribution in [3.05, 3.63) is 29.8 Å². The second-order valence-corrected chi connectivity index (χ2v) is 9.19. The van der Waals surface area contributed by atoms with Crippen molar-refractivity contribution >= 4 is 21.6 Å². The predicted octanol–water partition coefficient (Wildman–Crippen LogP) is 2.25. The molecule has 1 amide bonds. The highest BCUT2D eigenvalue weighted by atomic mass is 32.2. The second-order valence-electron chi connectivity index (χ2n) is 7.25. The molecule has 1 aromatic carbocycles. The monoisotopic (exact) mass is 393 g/mol. The average molecular weight is 394 g/mol. The van der Waals surface area contributed by atoms with Crippen molar-refractivity contribution in [1.29, 1.82) is 0 Å². The molecule has 1 heterocycles. The number of morpholine rings is 1. The van der Waals surface area contributed by atoms with Crippen LogP contribution >= 0.6 is 0 Å². The van der Waals surface area contributed by atoms with E-state index in [4.69, 9.17) is 4.74 Å². The van der Waals surface area contributed by atoms with E-state index in [-0.39, 0.29) is 10.5 Å². The molecule has 1 aromatic rings. The molecule has 1 aliphatic carbocycles. The summed E-state index contributed by atoms with van der Waals surface area (Å²) < 4.78 is 32.1. The van der Waals surface area contributed by atoms with Crippen LogP contribution in [0.25, 0.3) is 0 Å². The van der Waals surface area contributed by atoms with Crippen LogP contribution in [0.3, 0.4) is 0 Å². The summed E-state index contributed by atoms with van der Waals surface area (Å²) in [7, 11) is -3.63. The molecule has 8 heteroatoms. The normalized spacial score (nSPS) is 24.4. The van der Waals surface area contributed by atoms with Crippen molar-refractivity contribution in [2.24, 2.45) is 16.9 Å². The number of hydrogen-bond donors (Lipinski definition) is 1. The fourth-order valence-corrected chi connectivity index (χ4v) is 5.10. The van der Waals surface area contributed by atoms with Crippen LogP contribution in [0, 0.1) is 11.8 Å². The van der Waals surface area contributed by atoms with E-state index in [0.717, 1.165) is 18.6 Å². The number of hydrazone groups is 1. The lowest BCUT2D eigenvalue weighted by molar-refractivity contribution is 0.0730. The first kappa shape index (κ1) is 20.0. The third-order valence-electron chi connectivity index (χ3n) is 5.27. The summed E-state index contributed by atoms with van der Waals surface area (Å²) in [5.74, 6) is 0.302. The van der Waals surface area contributed by atoms with Crippen LogP contribution in [-0.4, -0.2) is 50.6 Å². The van der Waals surface area contributed by atoms with E-state index < -0.39 is 15.9 Å². The highest BCUT2D eigenvalue weighted by molar-refractivity contribution is 7.89. The molecule has 27 heavy (non-hydrogen) atoms. The van der Waals surface area contributed by atoms with Crippen molar-refractivity contribution in [2.45, 2.75) is 38.0 Å². The number of carbonyl (C=O) groups is 1. The van der Waals surface area contributed by atoms with Crippen molar-refractivity contribution < 1.29 is 17.9 Å². The molecule has 3 rings (SSSR count). The van der Waals surface area contributed by atoms with Crippen molar-refractivity contribution in [3.8, 4) is 0 Å². The van der Waals surface area contributed by atoms with Crippen LogP contribution in [0.5, 0.6) is 0 Å². The molecule has 0 unspecified atom stereocenters. The molecule has 2 fully saturated rings. The molecule has 7 nitrogen and oxygen atoms in total. The minimum atomic E-state index is -3.63. The summed E-state index contributed by atoms with van der Waals surface area (Å²) in [6, 6.07) is 6.11. The lowest BCUT2D eigenvalue weighted by Crippen LogP contribution is -2.40. The highest BCUT2D eigenvalue weighted by Gasteiger charge is 2.27. The molecule has 0 bridgehead atoms. The number of nitrogens with zero attached hydrogens (tertiary/aromatic N) is 2. The predicted molar refractivity (Wildman–Crippen MR) is 103 cm³/mol. The fourth-order valence-electron chi connectivity index (χ4n) is 3.65. The van der Waals surface area contributed by atoms with E-state index in [1.165, 1.54) is 22.9 Å². The number of nitrogens with one attached hydrogen (secondary N) is 1. The molecule has 1 N–H and O–H groups in total. The Morgan fingerprint density at radius 2 is 1.85 bits per heavy atom. The number of rotatable bonds is 4. The average Bonchev–Trinajstić information content (AvgIpc) is 2.68. The maximum Gasteiger partial charge on any atom is 0.271 e. The van der Waals surface area contributed by atoms with Crippen LogP contribution in [0.4, 0.5) is 0 Å². The molecule has 148 valence electrons. The van der Waals surface area contributed by atoms with Crippen LogP contribution in [0.15, 0.2) is 34.3 Å². The Balaban J connectivity index is 1.75. The Kier molecular flexibility index (Phi) is 6.29. The van der Waals surface area contributed by atoms with Gasteiger partial charge in [0.2, 0.25) is 10.0 Å². The number of benzene rings is 1. The van der Waals surface area contributed by atoms with Crippen molar-refractivity contribution in [2.75, 3.05) is 26.3 Å². The topological polar surface area (TPSA) is 88.1 Å². The molecule has 2 aliphatic rings. The van der Waals surface area contributed by atoms with Crippen LogP contribution in [0.1, 0.15) is 43.5 Å². The number of hydrogen-bond acceptors (Lipinski definition) is 5. The Hall–Kier alpha value is -1.77. The lowest BCUT2D eigenvalue weighted by Gasteiger charge is -2.26. The Labute approximate surface area is 160 Å². The number of ether oxygens (including phenoxy) is 1. The lowest BCUT2D eigenvalue weighted by atomic mass is 9.81. The standard InChI is InChI=1S/C19H27N3O4S/c1-14-5-3-6-15(2)18(14)20-21-19(23)16-7-4-8-17(13-16)27(24,25)22-9-11-26-12-10-22/h4,7-8,13-15H,3,5-6,9-12H2,1-2H3,(H,21,23)/t14-,15-/m0/s1. The van der Waals surface area contributed by atoms with Gasteiger partial charge in [-0.05, 0) is 42.9 Å². The molecular formula is C19H27N3O4S. The van der Waals surface area contributed by atoms with Crippen LogP contribution in [-0.2, 0) is 14.8 Å². The van der Waals surface area contributed by atoms with Gasteiger partial charge in [0, 0.05) is 24.4 Å². The van der Waals surface area contributed by atoms with Gasteiger partial charge in [-0.1, -0.05) is 26.3 Å². The van der Waals surface area contributed by atoms with Crippen molar-refractivity contribution in [3.63, 3.8) is 0 Å². The zero-order valence-electron chi connectivity index (χ0n) is 15.8. The van der Waals surface area contributed by atoms with Gasteiger partial charge in [0.05, 0.1) is 18.1 Å². The summed E-state index contributed by atoms with van der Waals surface area (Å²) in [6.45, 7) is 5.65. The summed E-state index contributed by atoms with van der Waals surface area (Å²) in [6.07, 6.45) is 3.33. The highest BCUT2D eigenvalue weighted by Crippen LogP contribution is 2.26. The van der Waals surface area contributed by atoms with Gasteiger partial charge in [0.25, 0.3) is 5.91 Å². The fraction of sp³-hybridized carbons (Fsp3) is 0.579. The molecule has 2 atom stereocenters. The van der Waals surface area contributed by atoms with Gasteiger partial charge in [0.15, 0.2) is 0 Å². The van der Waals surface area contributed by atoms with Gasteiger partial charge >= 0.3 is 0 Å². The van der Waals surface area contributed by atoms with Gasteiger partial charge < -0.3 is 4.74 Å². The van der Waals surface area contributed by atoms with E-state index in [0.29, 0.717) is 38.1 Å². The Bertz CT molecular complexity index is 804. The minimum absolute atomic E-state index is 0.115. The maximum atomic E-state index is 12.8. The zero-order chi connectivity index (χ0) is 19.4. The second kappa shape index (κ2) is 8.50. The molecular weight excluding hydrogens is 366 g/mol. The van der Waals surface area contributed by atoms with E-state index in [9.17, 15) is 13.2 Å². The van der Waals surface area contributed by atoms with Gasteiger partial charge in [-0.2, -0.15) is 9.41 Å². The van der Waals surface area contributed by atoms with Gasteiger partial charge in [-0.15, -0.1) is 0 Å². The molecule has 0 spiro atoms. The number of amides is 1. The third-order valence-corrected chi connectivity index (χ3v) is 7.17. The van der Waals surface area contributed by atoms with Gasteiger partial charge in [0.1, 0.15) is 0 Å². The smallest absolute Gasteiger partial charge is 0.271 e. The van der Waals surface area contributed by atoms with E-state index >= 15 is 0 Å². The summed E-state index contributed by atoms with van der Waals surface area (Å²) >= 11 is 0. The third kappa shape index (κ3) is 4.56. The maximum absolute atomic E-state index is 12.8. The van der Waals surface area contributed by atoms with E-state index in [1.54, 1.807) is 12.1 Å². The number of sulfonamides is 1. The first-order chi connectivity index (χ1) is 12.9. The Morgan fingerprint density at radius 3 is 2.52 bits per heavy atom.